The highest BCUT2D eigenvalue weighted by Crippen LogP contribution is 2.22. The van der Waals surface area contributed by atoms with Crippen molar-refractivity contribution in [1.29, 1.82) is 0 Å². The third-order valence-corrected chi connectivity index (χ3v) is 4.85. The van der Waals surface area contributed by atoms with Crippen molar-refractivity contribution in [3.63, 3.8) is 0 Å². The van der Waals surface area contributed by atoms with Crippen LogP contribution < -0.4 is 5.32 Å². The molecule has 1 aromatic rings. The van der Waals surface area contributed by atoms with Gasteiger partial charge in [-0.05, 0) is 65.5 Å². The van der Waals surface area contributed by atoms with E-state index in [9.17, 15) is 0 Å². The zero-order valence-corrected chi connectivity index (χ0v) is 14.3. The lowest BCUT2D eigenvalue weighted by molar-refractivity contribution is 0.126. The minimum atomic E-state index is 0.405. The van der Waals surface area contributed by atoms with E-state index in [1.165, 1.54) is 42.6 Å². The standard InChI is InChI=1S/C18H31N3/c1-14-8-9-15(2)17(11-14)18(19-3)13-21(5)16-7-6-10-20(4)12-16/h8-9,11,16,18-19H,6-7,10,12-13H2,1-5H3. The number of benzene rings is 1. The van der Waals surface area contributed by atoms with Crippen LogP contribution in [0, 0.1) is 13.8 Å². The van der Waals surface area contributed by atoms with E-state index < -0.39 is 0 Å². The molecule has 2 rings (SSSR count). The van der Waals surface area contributed by atoms with Gasteiger partial charge in [-0.1, -0.05) is 23.8 Å². The van der Waals surface area contributed by atoms with Gasteiger partial charge in [0.25, 0.3) is 0 Å². The van der Waals surface area contributed by atoms with Crippen LogP contribution in [0.3, 0.4) is 0 Å². The van der Waals surface area contributed by atoms with Crippen molar-refractivity contribution < 1.29 is 0 Å². The van der Waals surface area contributed by atoms with Crippen molar-refractivity contribution in [3.05, 3.63) is 34.9 Å². The first-order valence-corrected chi connectivity index (χ1v) is 8.14. The second kappa shape index (κ2) is 7.39. The Labute approximate surface area is 130 Å². The first-order valence-electron chi connectivity index (χ1n) is 8.14. The summed E-state index contributed by atoms with van der Waals surface area (Å²) in [7, 11) is 6.59. The van der Waals surface area contributed by atoms with E-state index in [4.69, 9.17) is 0 Å². The number of hydrogen-bond acceptors (Lipinski definition) is 3. The summed E-state index contributed by atoms with van der Waals surface area (Å²) in [5.74, 6) is 0. The van der Waals surface area contributed by atoms with E-state index in [-0.39, 0.29) is 0 Å². The van der Waals surface area contributed by atoms with Crippen molar-refractivity contribution in [2.24, 2.45) is 0 Å². The molecule has 1 aliphatic rings. The molecule has 0 spiro atoms. The molecule has 3 heteroatoms. The summed E-state index contributed by atoms with van der Waals surface area (Å²) in [4.78, 5) is 5.00. The van der Waals surface area contributed by atoms with E-state index in [1.807, 2.05) is 0 Å². The summed E-state index contributed by atoms with van der Waals surface area (Å²) in [6, 6.07) is 7.86. The van der Waals surface area contributed by atoms with Gasteiger partial charge >= 0.3 is 0 Å². The third kappa shape index (κ3) is 4.29. The molecule has 1 aromatic carbocycles. The highest BCUT2D eigenvalue weighted by atomic mass is 15.2. The molecule has 1 heterocycles. The van der Waals surface area contributed by atoms with Gasteiger partial charge in [0.15, 0.2) is 0 Å². The van der Waals surface area contributed by atoms with E-state index >= 15 is 0 Å². The van der Waals surface area contributed by atoms with Gasteiger partial charge in [-0.2, -0.15) is 0 Å². The van der Waals surface area contributed by atoms with Gasteiger partial charge in [-0.25, -0.2) is 0 Å². The van der Waals surface area contributed by atoms with Gasteiger partial charge in [0.1, 0.15) is 0 Å². The minimum absolute atomic E-state index is 0.405. The Bertz CT molecular complexity index is 458. The summed E-state index contributed by atoms with van der Waals surface area (Å²) < 4.78 is 0. The Hall–Kier alpha value is -0.900. The largest absolute Gasteiger partial charge is 0.312 e. The zero-order valence-electron chi connectivity index (χ0n) is 14.3. The van der Waals surface area contributed by atoms with Gasteiger partial charge in [-0.3, -0.25) is 0 Å². The molecule has 118 valence electrons. The molecule has 1 saturated heterocycles. The maximum atomic E-state index is 3.51. The number of nitrogens with zero attached hydrogens (tertiary/aromatic N) is 2. The molecular weight excluding hydrogens is 258 g/mol. The normalized spacial score (nSPS) is 21.7. The number of piperidine rings is 1. The second-order valence-electron chi connectivity index (χ2n) is 6.70. The maximum Gasteiger partial charge on any atom is 0.0449 e. The fourth-order valence-electron chi connectivity index (χ4n) is 3.42. The molecule has 21 heavy (non-hydrogen) atoms. The fraction of sp³-hybridized carbons (Fsp3) is 0.667. The topological polar surface area (TPSA) is 18.5 Å². The SMILES string of the molecule is CNC(CN(C)C1CCCN(C)C1)c1cc(C)ccc1C. The average Bonchev–Trinajstić information content (AvgIpc) is 2.47. The second-order valence-corrected chi connectivity index (χ2v) is 6.70. The molecule has 2 atom stereocenters. The smallest absolute Gasteiger partial charge is 0.0449 e. The van der Waals surface area contributed by atoms with Crippen molar-refractivity contribution in [1.82, 2.24) is 15.1 Å². The van der Waals surface area contributed by atoms with E-state index in [2.05, 4.69) is 68.3 Å². The summed E-state index contributed by atoms with van der Waals surface area (Å²) in [5, 5.41) is 3.51. The van der Waals surface area contributed by atoms with Crippen LogP contribution in [0.25, 0.3) is 0 Å². The van der Waals surface area contributed by atoms with Crippen LogP contribution in [0.5, 0.6) is 0 Å². The van der Waals surface area contributed by atoms with Crippen LogP contribution in [0.1, 0.15) is 35.6 Å². The van der Waals surface area contributed by atoms with Crippen LogP contribution >= 0.6 is 0 Å². The lowest BCUT2D eigenvalue weighted by Crippen LogP contribution is -2.47. The minimum Gasteiger partial charge on any atom is -0.312 e. The predicted octanol–water partition coefficient (Wildman–Crippen LogP) is 2.59. The van der Waals surface area contributed by atoms with Crippen LogP contribution in [0.2, 0.25) is 0 Å². The molecule has 0 saturated carbocycles. The number of likely N-dealkylation sites (tertiary alicyclic amines) is 1. The molecule has 0 amide bonds. The Kier molecular flexibility index (Phi) is 5.80. The zero-order chi connectivity index (χ0) is 15.4. The highest BCUT2D eigenvalue weighted by Gasteiger charge is 2.23. The lowest BCUT2D eigenvalue weighted by atomic mass is 9.97. The average molecular weight is 289 g/mol. The number of likely N-dealkylation sites (N-methyl/N-ethyl adjacent to an activating group) is 3. The van der Waals surface area contributed by atoms with Crippen molar-refractivity contribution in [3.8, 4) is 0 Å². The first kappa shape index (κ1) is 16.5. The van der Waals surface area contributed by atoms with Crippen molar-refractivity contribution in [2.45, 2.75) is 38.8 Å². The van der Waals surface area contributed by atoms with Crippen molar-refractivity contribution in [2.75, 3.05) is 40.8 Å². The summed E-state index contributed by atoms with van der Waals surface area (Å²) >= 11 is 0. The summed E-state index contributed by atoms with van der Waals surface area (Å²) in [5.41, 5.74) is 4.17. The molecule has 0 aromatic heterocycles. The van der Waals surface area contributed by atoms with Crippen LogP contribution in [-0.2, 0) is 0 Å². The maximum absolute atomic E-state index is 3.51. The molecule has 1 aliphatic heterocycles. The van der Waals surface area contributed by atoms with Crippen molar-refractivity contribution >= 4 is 0 Å². The van der Waals surface area contributed by atoms with E-state index in [0.717, 1.165) is 6.54 Å². The van der Waals surface area contributed by atoms with Crippen LogP contribution in [-0.4, -0.2) is 56.6 Å². The number of rotatable bonds is 5. The van der Waals surface area contributed by atoms with Gasteiger partial charge in [-0.15, -0.1) is 0 Å². The number of hydrogen-bond donors (Lipinski definition) is 1. The number of nitrogens with one attached hydrogen (secondary N) is 1. The first-order chi connectivity index (χ1) is 10.0. The molecule has 1 fully saturated rings. The Morgan fingerprint density at radius 3 is 2.81 bits per heavy atom. The molecule has 0 bridgehead atoms. The molecule has 3 nitrogen and oxygen atoms in total. The third-order valence-electron chi connectivity index (χ3n) is 4.85. The monoisotopic (exact) mass is 289 g/mol. The van der Waals surface area contributed by atoms with Crippen LogP contribution in [0.15, 0.2) is 18.2 Å². The molecule has 0 aliphatic carbocycles. The Morgan fingerprint density at radius 2 is 2.14 bits per heavy atom. The molecule has 1 N–H and O–H groups in total. The molecule has 2 unspecified atom stereocenters. The van der Waals surface area contributed by atoms with E-state index in [1.54, 1.807) is 0 Å². The quantitative estimate of drug-likeness (QED) is 0.899. The fourth-order valence-corrected chi connectivity index (χ4v) is 3.42. The van der Waals surface area contributed by atoms with Crippen LogP contribution in [0.4, 0.5) is 0 Å². The Morgan fingerprint density at radius 1 is 1.38 bits per heavy atom. The predicted molar refractivity (Wildman–Crippen MR) is 90.9 cm³/mol. The number of aryl methyl sites for hydroxylation is 2. The Balaban J connectivity index is 2.06. The van der Waals surface area contributed by atoms with Gasteiger partial charge < -0.3 is 15.1 Å². The molecular formula is C18H31N3. The van der Waals surface area contributed by atoms with Gasteiger partial charge in [0.2, 0.25) is 0 Å². The van der Waals surface area contributed by atoms with Gasteiger partial charge in [0.05, 0.1) is 0 Å². The lowest BCUT2D eigenvalue weighted by Gasteiger charge is -2.37. The summed E-state index contributed by atoms with van der Waals surface area (Å²) in [6.07, 6.45) is 2.64. The highest BCUT2D eigenvalue weighted by molar-refractivity contribution is 5.33. The van der Waals surface area contributed by atoms with Gasteiger partial charge in [0, 0.05) is 25.2 Å². The van der Waals surface area contributed by atoms with E-state index in [0.29, 0.717) is 12.1 Å². The summed E-state index contributed by atoms with van der Waals surface area (Å²) in [6.45, 7) is 7.90. The molecule has 0 radical (unpaired) electrons.